The predicted octanol–water partition coefficient (Wildman–Crippen LogP) is 5.02. The second kappa shape index (κ2) is 6.50. The number of hydrogen-bond donors (Lipinski definition) is 1. The number of pyridine rings is 1. The second-order valence-electron chi connectivity index (χ2n) is 4.63. The van der Waals surface area contributed by atoms with E-state index in [9.17, 15) is 4.39 Å². The van der Waals surface area contributed by atoms with Crippen LogP contribution in [-0.2, 0) is 0 Å². The van der Waals surface area contributed by atoms with Crippen molar-refractivity contribution in [1.29, 1.82) is 0 Å². The summed E-state index contributed by atoms with van der Waals surface area (Å²) >= 11 is 12.1. The number of benzene rings is 1. The van der Waals surface area contributed by atoms with Crippen molar-refractivity contribution in [3.05, 3.63) is 51.4 Å². The fraction of sp³-hybridized carbons (Fsp3) is 0.267. The molecule has 2 rings (SSSR count). The molecular weight excluding hydrogens is 314 g/mol. The predicted molar refractivity (Wildman–Crippen MR) is 84.0 cm³/mol. The van der Waals surface area contributed by atoms with E-state index in [4.69, 9.17) is 27.9 Å². The lowest BCUT2D eigenvalue weighted by molar-refractivity contribution is 0.227. The van der Waals surface area contributed by atoms with E-state index < -0.39 is 11.9 Å². The van der Waals surface area contributed by atoms with Crippen molar-refractivity contribution >= 4 is 29.0 Å². The number of nitrogens with one attached hydrogen (secondary N) is 1. The van der Waals surface area contributed by atoms with E-state index in [-0.39, 0.29) is 5.02 Å². The molecule has 1 heterocycles. The van der Waals surface area contributed by atoms with Crippen LogP contribution in [0.4, 0.5) is 10.2 Å². The third-order valence-corrected chi connectivity index (χ3v) is 3.73. The Morgan fingerprint density at radius 1 is 1.33 bits per heavy atom. The van der Waals surface area contributed by atoms with Crippen LogP contribution in [-0.4, -0.2) is 12.0 Å². The van der Waals surface area contributed by atoms with Gasteiger partial charge < -0.3 is 10.1 Å². The van der Waals surface area contributed by atoms with E-state index in [0.29, 0.717) is 22.2 Å². The molecule has 112 valence electrons. The van der Waals surface area contributed by atoms with Crippen LogP contribution in [0.2, 0.25) is 10.0 Å². The molecule has 21 heavy (non-hydrogen) atoms. The molecule has 0 aliphatic carbocycles. The number of aromatic nitrogens is 1. The van der Waals surface area contributed by atoms with Crippen molar-refractivity contribution in [3.8, 4) is 5.75 Å². The van der Waals surface area contributed by atoms with Gasteiger partial charge in [0, 0.05) is 23.8 Å². The molecule has 0 spiro atoms. The van der Waals surface area contributed by atoms with Crippen LogP contribution in [0, 0.1) is 12.7 Å². The second-order valence-corrected chi connectivity index (χ2v) is 5.41. The molecule has 0 bridgehead atoms. The summed E-state index contributed by atoms with van der Waals surface area (Å²) in [6.07, 6.45) is 1.21. The lowest BCUT2D eigenvalue weighted by atomic mass is 10.1. The topological polar surface area (TPSA) is 34.2 Å². The van der Waals surface area contributed by atoms with Gasteiger partial charge in [-0.1, -0.05) is 23.2 Å². The minimum absolute atomic E-state index is 0.0263. The monoisotopic (exact) mass is 328 g/mol. The minimum atomic E-state index is -0.525. The van der Waals surface area contributed by atoms with Gasteiger partial charge in [0.05, 0.1) is 5.02 Å². The summed E-state index contributed by atoms with van der Waals surface area (Å²) in [6, 6.07) is 4.54. The number of hydrogen-bond acceptors (Lipinski definition) is 3. The fourth-order valence-electron chi connectivity index (χ4n) is 1.98. The summed E-state index contributed by atoms with van der Waals surface area (Å²) in [6.45, 7) is 3.67. The number of halogens is 3. The lowest BCUT2D eigenvalue weighted by Gasteiger charge is -2.19. The minimum Gasteiger partial charge on any atom is -0.482 e. The maximum Gasteiger partial charge on any atom is 0.168 e. The van der Waals surface area contributed by atoms with Gasteiger partial charge >= 0.3 is 0 Å². The first-order chi connectivity index (χ1) is 9.93. The van der Waals surface area contributed by atoms with Crippen LogP contribution in [0.5, 0.6) is 5.75 Å². The Morgan fingerprint density at radius 2 is 2.05 bits per heavy atom. The summed E-state index contributed by atoms with van der Waals surface area (Å²) in [5.74, 6) is 0.625. The number of rotatable bonds is 4. The quantitative estimate of drug-likeness (QED) is 0.800. The molecule has 0 aliphatic heterocycles. The highest BCUT2D eigenvalue weighted by Gasteiger charge is 2.19. The van der Waals surface area contributed by atoms with Gasteiger partial charge in [0.25, 0.3) is 0 Å². The van der Waals surface area contributed by atoms with E-state index in [1.807, 2.05) is 13.0 Å². The van der Waals surface area contributed by atoms with E-state index in [1.165, 1.54) is 12.1 Å². The Morgan fingerprint density at radius 3 is 2.71 bits per heavy atom. The van der Waals surface area contributed by atoms with Crippen molar-refractivity contribution in [3.63, 3.8) is 0 Å². The van der Waals surface area contributed by atoms with Gasteiger partial charge in [0.15, 0.2) is 11.6 Å². The van der Waals surface area contributed by atoms with Crippen molar-refractivity contribution in [2.45, 2.75) is 20.0 Å². The molecule has 3 nitrogen and oxygen atoms in total. The summed E-state index contributed by atoms with van der Waals surface area (Å²) in [5.41, 5.74) is 1.37. The van der Waals surface area contributed by atoms with Crippen LogP contribution < -0.4 is 10.1 Å². The fourth-order valence-corrected chi connectivity index (χ4v) is 2.66. The van der Waals surface area contributed by atoms with E-state index in [0.717, 1.165) is 5.56 Å². The largest absolute Gasteiger partial charge is 0.482 e. The van der Waals surface area contributed by atoms with E-state index >= 15 is 0 Å². The molecular formula is C15H15Cl2FN2O. The molecule has 1 aromatic carbocycles. The van der Waals surface area contributed by atoms with Crippen molar-refractivity contribution in [2.24, 2.45) is 0 Å². The average molecular weight is 329 g/mol. The normalized spacial score (nSPS) is 12.1. The van der Waals surface area contributed by atoms with Crippen LogP contribution in [0.25, 0.3) is 0 Å². The van der Waals surface area contributed by atoms with Gasteiger partial charge in [-0.15, -0.1) is 0 Å². The SMILES string of the molecule is CNc1ncc(C)cc1OC(C)c1c(Cl)ccc(F)c1Cl. The standard InChI is InChI=1S/C15H15Cl2FN2O/c1-8-6-12(15(19-3)20-7-8)21-9(2)13-10(16)4-5-11(18)14(13)17/h4-7,9H,1-3H3,(H,19,20). The molecule has 0 saturated heterocycles. The van der Waals surface area contributed by atoms with Gasteiger partial charge in [0.2, 0.25) is 0 Å². The molecule has 0 fully saturated rings. The van der Waals surface area contributed by atoms with Crippen LogP contribution in [0.15, 0.2) is 24.4 Å². The number of aryl methyl sites for hydroxylation is 1. The summed E-state index contributed by atoms with van der Waals surface area (Å²) in [5, 5.41) is 3.28. The third kappa shape index (κ3) is 3.39. The zero-order valence-corrected chi connectivity index (χ0v) is 13.4. The first-order valence-corrected chi connectivity index (χ1v) is 7.14. The molecule has 0 radical (unpaired) electrons. The number of nitrogens with zero attached hydrogens (tertiary/aromatic N) is 1. The summed E-state index contributed by atoms with van der Waals surface area (Å²) in [7, 11) is 1.75. The van der Waals surface area contributed by atoms with Gasteiger partial charge in [-0.2, -0.15) is 0 Å². The Labute approximate surface area is 133 Å². The first-order valence-electron chi connectivity index (χ1n) is 6.38. The molecule has 1 aromatic heterocycles. The van der Waals surface area contributed by atoms with E-state index in [1.54, 1.807) is 20.2 Å². The van der Waals surface area contributed by atoms with E-state index in [2.05, 4.69) is 10.3 Å². The Balaban J connectivity index is 2.37. The van der Waals surface area contributed by atoms with Crippen molar-refractivity contribution < 1.29 is 9.13 Å². The highest BCUT2D eigenvalue weighted by molar-refractivity contribution is 6.36. The smallest absolute Gasteiger partial charge is 0.168 e. The van der Waals surface area contributed by atoms with Crippen molar-refractivity contribution in [1.82, 2.24) is 4.98 Å². The van der Waals surface area contributed by atoms with Crippen molar-refractivity contribution in [2.75, 3.05) is 12.4 Å². The Hall–Kier alpha value is -1.52. The van der Waals surface area contributed by atoms with Crippen LogP contribution in [0.3, 0.4) is 0 Å². The van der Waals surface area contributed by atoms with Crippen LogP contribution in [0.1, 0.15) is 24.2 Å². The maximum atomic E-state index is 13.6. The highest BCUT2D eigenvalue weighted by Crippen LogP contribution is 2.36. The number of anilines is 1. The average Bonchev–Trinajstić information content (AvgIpc) is 2.43. The summed E-state index contributed by atoms with van der Waals surface area (Å²) < 4.78 is 19.5. The van der Waals surface area contributed by atoms with Gasteiger partial charge in [-0.25, -0.2) is 9.37 Å². The summed E-state index contributed by atoms with van der Waals surface area (Å²) in [4.78, 5) is 4.23. The zero-order valence-electron chi connectivity index (χ0n) is 11.9. The van der Waals surface area contributed by atoms with Gasteiger partial charge in [-0.05, 0) is 37.6 Å². The molecule has 1 unspecified atom stereocenters. The zero-order chi connectivity index (χ0) is 15.6. The molecule has 1 N–H and O–H groups in total. The van der Waals surface area contributed by atoms with Crippen LogP contribution >= 0.6 is 23.2 Å². The highest BCUT2D eigenvalue weighted by atomic mass is 35.5. The molecule has 2 aromatic rings. The maximum absolute atomic E-state index is 13.6. The molecule has 0 saturated carbocycles. The Kier molecular flexibility index (Phi) is 4.91. The number of ether oxygens (including phenoxy) is 1. The Bertz CT molecular complexity index is 664. The molecule has 1 atom stereocenters. The lowest BCUT2D eigenvalue weighted by Crippen LogP contribution is -2.08. The molecule has 0 amide bonds. The van der Waals surface area contributed by atoms with Gasteiger partial charge in [0.1, 0.15) is 11.9 Å². The first kappa shape index (κ1) is 15.9. The molecule has 6 heteroatoms. The van der Waals surface area contributed by atoms with Gasteiger partial charge in [-0.3, -0.25) is 0 Å². The third-order valence-electron chi connectivity index (χ3n) is 3.02. The molecule has 0 aliphatic rings.